The van der Waals surface area contributed by atoms with Crippen molar-refractivity contribution in [1.29, 1.82) is 5.41 Å². The summed E-state index contributed by atoms with van der Waals surface area (Å²) in [6, 6.07) is 11.2. The van der Waals surface area contributed by atoms with Crippen molar-refractivity contribution in [3.63, 3.8) is 0 Å². The van der Waals surface area contributed by atoms with E-state index in [0.29, 0.717) is 17.2 Å². The van der Waals surface area contributed by atoms with Gasteiger partial charge >= 0.3 is 6.61 Å². The molecule has 1 fully saturated rings. The summed E-state index contributed by atoms with van der Waals surface area (Å²) in [5.41, 5.74) is 3.31. The Hall–Kier alpha value is -3.59. The molecule has 0 saturated carbocycles. The Bertz CT molecular complexity index is 1150. The molecule has 1 aliphatic heterocycles. The van der Waals surface area contributed by atoms with E-state index < -0.39 is 12.5 Å². The van der Waals surface area contributed by atoms with Crippen molar-refractivity contribution < 1.29 is 18.3 Å². The van der Waals surface area contributed by atoms with Gasteiger partial charge in [0.25, 0.3) is 5.91 Å². The Morgan fingerprint density at radius 2 is 1.94 bits per heavy atom. The molecule has 9 heteroatoms. The molecule has 0 radical (unpaired) electrons. The Labute approximate surface area is 196 Å². The number of ether oxygens (including phenoxy) is 1. The summed E-state index contributed by atoms with van der Waals surface area (Å²) in [6.45, 7) is 1.88. The van der Waals surface area contributed by atoms with Crippen LogP contribution in [0, 0.1) is 18.3 Å². The minimum atomic E-state index is -2.92. The summed E-state index contributed by atoms with van der Waals surface area (Å²) in [5, 5.41) is 18.9. The van der Waals surface area contributed by atoms with E-state index in [1.165, 1.54) is 24.3 Å². The smallest absolute Gasteiger partial charge is 0.387 e. The van der Waals surface area contributed by atoms with Crippen molar-refractivity contribution in [1.82, 2.24) is 15.1 Å². The lowest BCUT2D eigenvalue weighted by Gasteiger charge is -2.22. The van der Waals surface area contributed by atoms with Crippen LogP contribution in [-0.4, -0.2) is 41.1 Å². The van der Waals surface area contributed by atoms with Crippen molar-refractivity contribution in [3.8, 4) is 16.9 Å². The molecular formula is C25H27F2N5O2. The number of nitrogens with zero attached hydrogens (tertiary/aromatic N) is 2. The third-order valence-corrected chi connectivity index (χ3v) is 5.94. The summed E-state index contributed by atoms with van der Waals surface area (Å²) >= 11 is 0. The Morgan fingerprint density at radius 3 is 2.65 bits per heavy atom. The van der Waals surface area contributed by atoms with Crippen LogP contribution >= 0.6 is 0 Å². The zero-order valence-electron chi connectivity index (χ0n) is 18.9. The number of aryl methyl sites for hydroxylation is 1. The minimum Gasteiger partial charge on any atom is -0.435 e. The maximum Gasteiger partial charge on any atom is 0.387 e. The van der Waals surface area contributed by atoms with Crippen LogP contribution in [0.15, 0.2) is 54.9 Å². The standard InChI is InChI=1S/C25H27F2N5O2/c1-16-2-3-18(19-13-30-32(15-19)14-17-8-10-29-11-9-17)12-22(16)23(28)24(33)31-20-4-6-21(7-5-20)34-25(26)27/h2-7,12-13,15,17,25,28-29H,8-11,14H2,1H3,(H,31,33). The SMILES string of the molecule is Cc1ccc(-c2cnn(CC3CCNCC3)c2)cc1C(=N)C(=O)Nc1ccc(OC(F)F)cc1. The lowest BCUT2D eigenvalue weighted by molar-refractivity contribution is -0.110. The van der Waals surface area contributed by atoms with E-state index in [4.69, 9.17) is 5.41 Å². The molecule has 0 unspecified atom stereocenters. The Kier molecular flexibility index (Phi) is 7.32. The van der Waals surface area contributed by atoms with Crippen LogP contribution in [0.5, 0.6) is 5.75 Å². The molecule has 2 heterocycles. The highest BCUT2D eigenvalue weighted by Gasteiger charge is 2.17. The van der Waals surface area contributed by atoms with E-state index in [2.05, 4.69) is 20.5 Å². The summed E-state index contributed by atoms with van der Waals surface area (Å²) in [7, 11) is 0. The zero-order valence-corrected chi connectivity index (χ0v) is 18.9. The molecule has 2 aromatic carbocycles. The van der Waals surface area contributed by atoms with Gasteiger partial charge in [-0.05, 0) is 80.2 Å². The summed E-state index contributed by atoms with van der Waals surface area (Å²) in [6.07, 6.45) is 6.08. The number of alkyl halides is 2. The fourth-order valence-corrected chi connectivity index (χ4v) is 4.05. The van der Waals surface area contributed by atoms with Gasteiger partial charge in [0.1, 0.15) is 11.5 Å². The monoisotopic (exact) mass is 467 g/mol. The molecule has 4 rings (SSSR count). The number of anilines is 1. The first-order chi connectivity index (χ1) is 16.4. The number of halogens is 2. The van der Waals surface area contributed by atoms with Gasteiger partial charge in [-0.3, -0.25) is 14.9 Å². The van der Waals surface area contributed by atoms with Gasteiger partial charge in [0.05, 0.1) is 6.20 Å². The third kappa shape index (κ3) is 5.85. The summed E-state index contributed by atoms with van der Waals surface area (Å²) in [5.74, 6) is 0.00663. The minimum absolute atomic E-state index is 0.00711. The van der Waals surface area contributed by atoms with E-state index in [0.717, 1.165) is 49.2 Å². The molecule has 1 aliphatic rings. The topological polar surface area (TPSA) is 92.0 Å². The summed E-state index contributed by atoms with van der Waals surface area (Å²) in [4.78, 5) is 12.7. The molecule has 3 N–H and O–H groups in total. The lowest BCUT2D eigenvalue weighted by Crippen LogP contribution is -2.29. The second-order valence-electron chi connectivity index (χ2n) is 8.41. The molecule has 0 bridgehead atoms. The number of hydrogen-bond acceptors (Lipinski definition) is 5. The Balaban J connectivity index is 1.45. The maximum absolute atomic E-state index is 12.7. The normalized spacial score (nSPS) is 14.2. The van der Waals surface area contributed by atoms with Crippen molar-refractivity contribution in [2.45, 2.75) is 32.9 Å². The first kappa shape index (κ1) is 23.6. The molecule has 7 nitrogen and oxygen atoms in total. The first-order valence-corrected chi connectivity index (χ1v) is 11.2. The molecular weight excluding hydrogens is 440 g/mol. The number of benzene rings is 2. The van der Waals surface area contributed by atoms with Gasteiger partial charge in [-0.25, -0.2) is 0 Å². The van der Waals surface area contributed by atoms with Gasteiger partial charge in [-0.15, -0.1) is 0 Å². The van der Waals surface area contributed by atoms with E-state index in [-0.39, 0.29) is 11.5 Å². The molecule has 0 spiro atoms. The van der Waals surface area contributed by atoms with Crippen molar-refractivity contribution in [3.05, 3.63) is 66.0 Å². The van der Waals surface area contributed by atoms with Gasteiger partial charge in [0.2, 0.25) is 0 Å². The van der Waals surface area contributed by atoms with Crippen molar-refractivity contribution in [2.24, 2.45) is 5.92 Å². The molecule has 1 aromatic heterocycles. The largest absolute Gasteiger partial charge is 0.435 e. The molecule has 0 atom stereocenters. The number of nitrogens with one attached hydrogen (secondary N) is 3. The highest BCUT2D eigenvalue weighted by atomic mass is 19.3. The van der Waals surface area contributed by atoms with Crippen LogP contribution in [0.3, 0.4) is 0 Å². The molecule has 34 heavy (non-hydrogen) atoms. The Morgan fingerprint density at radius 1 is 1.21 bits per heavy atom. The van der Waals surface area contributed by atoms with Gasteiger partial charge in [0.15, 0.2) is 0 Å². The van der Waals surface area contributed by atoms with Crippen LogP contribution in [0.25, 0.3) is 11.1 Å². The maximum atomic E-state index is 12.7. The van der Waals surface area contributed by atoms with Crippen LogP contribution in [0.2, 0.25) is 0 Å². The van der Waals surface area contributed by atoms with Crippen molar-refractivity contribution in [2.75, 3.05) is 18.4 Å². The fraction of sp³-hybridized carbons (Fsp3) is 0.320. The van der Waals surface area contributed by atoms with E-state index >= 15 is 0 Å². The number of piperidine rings is 1. The highest BCUT2D eigenvalue weighted by molar-refractivity contribution is 6.48. The highest BCUT2D eigenvalue weighted by Crippen LogP contribution is 2.24. The molecule has 0 aliphatic carbocycles. The quantitative estimate of drug-likeness (QED) is 0.427. The summed E-state index contributed by atoms with van der Waals surface area (Å²) < 4.78 is 30.9. The number of carbonyl (C=O) groups is 1. The van der Waals surface area contributed by atoms with Gasteiger partial charge in [0, 0.05) is 29.6 Å². The molecule has 1 amide bonds. The molecule has 1 saturated heterocycles. The van der Waals surface area contributed by atoms with Gasteiger partial charge in [-0.1, -0.05) is 12.1 Å². The number of aromatic nitrogens is 2. The average Bonchev–Trinajstić information content (AvgIpc) is 3.29. The third-order valence-electron chi connectivity index (χ3n) is 5.94. The first-order valence-electron chi connectivity index (χ1n) is 11.2. The molecule has 178 valence electrons. The van der Waals surface area contributed by atoms with Crippen LogP contribution in [-0.2, 0) is 11.3 Å². The average molecular weight is 468 g/mol. The fourth-order valence-electron chi connectivity index (χ4n) is 4.05. The predicted molar refractivity (Wildman–Crippen MR) is 127 cm³/mol. The van der Waals surface area contributed by atoms with E-state index in [1.54, 1.807) is 0 Å². The van der Waals surface area contributed by atoms with E-state index in [1.807, 2.05) is 42.2 Å². The van der Waals surface area contributed by atoms with Crippen LogP contribution < -0.4 is 15.4 Å². The number of rotatable bonds is 8. The molecule has 3 aromatic rings. The zero-order chi connectivity index (χ0) is 24.1. The number of hydrogen-bond donors (Lipinski definition) is 3. The number of amides is 1. The number of carbonyl (C=O) groups excluding carboxylic acids is 1. The van der Waals surface area contributed by atoms with Crippen molar-refractivity contribution >= 4 is 17.3 Å². The second-order valence-corrected chi connectivity index (χ2v) is 8.41. The van der Waals surface area contributed by atoms with E-state index in [9.17, 15) is 13.6 Å². The van der Waals surface area contributed by atoms with Gasteiger partial charge in [-0.2, -0.15) is 13.9 Å². The van der Waals surface area contributed by atoms with Crippen LogP contribution in [0.4, 0.5) is 14.5 Å². The van der Waals surface area contributed by atoms with Gasteiger partial charge < -0.3 is 15.4 Å². The van der Waals surface area contributed by atoms with Crippen LogP contribution in [0.1, 0.15) is 24.0 Å². The predicted octanol–water partition coefficient (Wildman–Crippen LogP) is 4.47. The second kappa shape index (κ2) is 10.6. The lowest BCUT2D eigenvalue weighted by atomic mass is 9.97.